The molecule has 12 nitrogen and oxygen atoms in total. The Hall–Kier alpha value is -4.03. The van der Waals surface area contributed by atoms with Crippen molar-refractivity contribution in [3.8, 4) is 0 Å². The van der Waals surface area contributed by atoms with Gasteiger partial charge in [0.1, 0.15) is 23.1 Å². The second kappa shape index (κ2) is 23.5. The third-order valence-corrected chi connectivity index (χ3v) is 19.3. The molecule has 3 saturated carbocycles. The zero-order chi connectivity index (χ0) is 52.2. The van der Waals surface area contributed by atoms with E-state index in [0.717, 1.165) is 94.6 Å². The third-order valence-electron chi connectivity index (χ3n) is 17.9. The highest BCUT2D eigenvalue weighted by molar-refractivity contribution is 7.84. The van der Waals surface area contributed by atoms with Crippen molar-refractivity contribution in [1.29, 1.82) is 0 Å². The molecule has 4 unspecified atom stereocenters. The Kier molecular flexibility index (Phi) is 17.7. The highest BCUT2D eigenvalue weighted by atomic mass is 32.2. The summed E-state index contributed by atoms with van der Waals surface area (Å²) in [6.45, 7) is 9.45. The van der Waals surface area contributed by atoms with Gasteiger partial charge >= 0.3 is 23.9 Å². The SMILES string of the molecule is CC(C)C1=C(O)C=C(O)C(c2n[nH]c(=O)n2C2C=CC(CN3CCN(C(=O)OC4=CCC5C(=C4)C[C@@H](CCCCCCCCCS(=O)CCCC(F)(F)C(F)(F)F)[C@@H]4[C@@H]5CC[C@]5(C)[C@@H](O)CC[C@@H]45)CC3)=CC2)C1. The molecule has 0 aromatic carbocycles. The number of rotatable bonds is 20. The van der Waals surface area contributed by atoms with Crippen LogP contribution in [0.15, 0.2) is 75.2 Å². The van der Waals surface area contributed by atoms with Gasteiger partial charge in [-0.2, -0.15) is 27.1 Å². The molecule has 0 spiro atoms. The number of aliphatic hydroxyl groups excluding tert-OH is 3. The van der Waals surface area contributed by atoms with Crippen LogP contribution in [0, 0.1) is 40.9 Å². The average molecular weight is 1050 g/mol. The number of fused-ring (bicyclic) bond motifs is 5. The number of aliphatic hydroxyl groups is 3. The van der Waals surface area contributed by atoms with Gasteiger partial charge in [-0.15, -0.1) is 0 Å². The molecular formula is C55H78F5N5O7S. The number of ether oxygens (including phenoxy) is 1. The van der Waals surface area contributed by atoms with Crippen molar-refractivity contribution in [1.82, 2.24) is 24.6 Å². The van der Waals surface area contributed by atoms with Crippen molar-refractivity contribution in [2.75, 3.05) is 44.2 Å². The number of amides is 1. The molecule has 4 N–H and O–H groups in total. The van der Waals surface area contributed by atoms with Gasteiger partial charge in [-0.05, 0) is 135 Å². The first kappa shape index (κ1) is 55.2. The Bertz CT molecular complexity index is 2400. The fraction of sp³-hybridized carbons (Fsp3) is 0.727. The maximum Gasteiger partial charge on any atom is 0.453 e. The second-order valence-corrected chi connectivity index (χ2v) is 24.5. The first-order valence-corrected chi connectivity index (χ1v) is 28.7. The molecule has 10 atom stereocenters. The summed E-state index contributed by atoms with van der Waals surface area (Å²) in [5.74, 6) is -1.43. The van der Waals surface area contributed by atoms with Gasteiger partial charge in [-0.3, -0.25) is 13.7 Å². The number of aromatic nitrogens is 3. The predicted molar refractivity (Wildman–Crippen MR) is 271 cm³/mol. The Morgan fingerprint density at radius 1 is 0.932 bits per heavy atom. The van der Waals surface area contributed by atoms with Gasteiger partial charge in [-0.1, -0.05) is 83.1 Å². The molecule has 18 heteroatoms. The molecule has 73 heavy (non-hydrogen) atoms. The molecule has 0 radical (unpaired) electrons. The van der Waals surface area contributed by atoms with Crippen molar-refractivity contribution >= 4 is 16.9 Å². The summed E-state index contributed by atoms with van der Waals surface area (Å²) in [5.41, 5.74) is 2.92. The van der Waals surface area contributed by atoms with Gasteiger partial charge in [0.2, 0.25) is 0 Å². The van der Waals surface area contributed by atoms with Crippen LogP contribution in [0.5, 0.6) is 0 Å². The molecule has 8 rings (SSSR count). The topological polar surface area (TPSA) is 161 Å². The van der Waals surface area contributed by atoms with Crippen LogP contribution in [-0.4, -0.2) is 113 Å². The van der Waals surface area contributed by atoms with E-state index in [1.807, 2.05) is 26.0 Å². The van der Waals surface area contributed by atoms with Crippen LogP contribution < -0.4 is 5.69 Å². The number of nitrogens with zero attached hydrogens (tertiary/aromatic N) is 4. The number of hydrogen-bond donors (Lipinski definition) is 4. The quantitative estimate of drug-likeness (QED) is 0.0736. The van der Waals surface area contributed by atoms with E-state index in [1.54, 1.807) is 9.47 Å². The summed E-state index contributed by atoms with van der Waals surface area (Å²) in [4.78, 5) is 30.8. The van der Waals surface area contributed by atoms with Crippen LogP contribution in [0.4, 0.5) is 26.7 Å². The fourth-order valence-corrected chi connectivity index (χ4v) is 14.9. The van der Waals surface area contributed by atoms with E-state index in [4.69, 9.17) is 4.74 Å². The number of nitrogens with one attached hydrogen (secondary N) is 1. The third kappa shape index (κ3) is 12.6. The first-order valence-electron chi connectivity index (χ1n) is 27.2. The highest BCUT2D eigenvalue weighted by Gasteiger charge is 2.58. The number of allylic oxidation sites excluding steroid dienone is 8. The van der Waals surface area contributed by atoms with E-state index >= 15 is 0 Å². The Balaban J connectivity index is 0.780. The van der Waals surface area contributed by atoms with E-state index in [2.05, 4.69) is 40.2 Å². The van der Waals surface area contributed by atoms with Crippen molar-refractivity contribution in [3.05, 3.63) is 86.8 Å². The van der Waals surface area contributed by atoms with Crippen LogP contribution in [-0.2, 0) is 15.5 Å². The van der Waals surface area contributed by atoms with Crippen molar-refractivity contribution in [2.24, 2.45) is 40.9 Å². The summed E-state index contributed by atoms with van der Waals surface area (Å²) >= 11 is 0. The molecule has 406 valence electrons. The lowest BCUT2D eigenvalue weighted by atomic mass is 9.49. The number of carbonyl (C=O) groups excluding carboxylic acids is 1. The van der Waals surface area contributed by atoms with Gasteiger partial charge in [0.05, 0.1) is 18.1 Å². The van der Waals surface area contributed by atoms with Crippen LogP contribution >= 0.6 is 0 Å². The smallest absolute Gasteiger partial charge is 0.453 e. The summed E-state index contributed by atoms with van der Waals surface area (Å²) in [6, 6.07) is -0.280. The minimum atomic E-state index is -5.57. The maximum absolute atomic E-state index is 13.7. The van der Waals surface area contributed by atoms with Gasteiger partial charge < -0.3 is 25.0 Å². The van der Waals surface area contributed by atoms with Crippen LogP contribution in [0.1, 0.15) is 154 Å². The van der Waals surface area contributed by atoms with E-state index in [9.17, 15) is 51.1 Å². The van der Waals surface area contributed by atoms with Crippen LogP contribution in [0.3, 0.4) is 0 Å². The van der Waals surface area contributed by atoms with Crippen LogP contribution in [0.2, 0.25) is 0 Å². The van der Waals surface area contributed by atoms with E-state index < -0.39 is 41.7 Å². The standard InChI is InChI=1S/C55H78F5N5O7S/c1-35(2)43-32-44(47(67)33-46(43)66)50-61-62-51(69)65(50)39-15-13-36(14-16-39)34-63-24-26-64(27-25-63)52(70)72-40-17-18-41-38(31-40)30-37(49-42(41)21-23-53(3)45(49)19-20-48(53)68)12-9-7-5-4-6-8-10-28-73(71)29-11-22-54(56,57)55(58,59)60/h13-15,17,31,33,35,37,39,41-42,44-45,48-49,66-68H,4-12,16,18-30,32,34H2,1-3H3,(H,62,69)/t37-,39?,41?,42-,44?,45+,48+,49-,53+,73?/m1/s1. The number of carbonyl (C=O) groups is 1. The maximum atomic E-state index is 13.7. The summed E-state index contributed by atoms with van der Waals surface area (Å²) < 4.78 is 83.5. The lowest BCUT2D eigenvalue weighted by Crippen LogP contribution is -2.50. The zero-order valence-corrected chi connectivity index (χ0v) is 43.7. The highest BCUT2D eigenvalue weighted by Crippen LogP contribution is 2.64. The fourth-order valence-electron chi connectivity index (χ4n) is 13.7. The first-order chi connectivity index (χ1) is 34.7. The van der Waals surface area contributed by atoms with Crippen molar-refractivity contribution in [2.45, 2.75) is 167 Å². The molecule has 1 aromatic heterocycles. The number of hydrogen-bond acceptors (Lipinski definition) is 9. The van der Waals surface area contributed by atoms with Gasteiger partial charge in [0, 0.05) is 67.5 Å². The lowest BCUT2D eigenvalue weighted by Gasteiger charge is -2.56. The Labute approximate surface area is 429 Å². The summed E-state index contributed by atoms with van der Waals surface area (Å²) in [6.07, 6.45) is 18.6. The number of aromatic amines is 1. The molecule has 1 saturated heterocycles. The molecule has 1 aromatic rings. The lowest BCUT2D eigenvalue weighted by molar-refractivity contribution is -0.284. The predicted octanol–water partition coefficient (Wildman–Crippen LogP) is 11.7. The Morgan fingerprint density at radius 3 is 2.34 bits per heavy atom. The molecule has 2 heterocycles. The molecule has 7 aliphatic rings. The number of unbranched alkanes of at least 4 members (excludes halogenated alkanes) is 6. The van der Waals surface area contributed by atoms with Crippen LogP contribution in [0.25, 0.3) is 0 Å². The monoisotopic (exact) mass is 1050 g/mol. The number of halogens is 5. The van der Waals surface area contributed by atoms with Gasteiger partial charge in [0.15, 0.2) is 0 Å². The largest absolute Gasteiger partial charge is 0.511 e. The second-order valence-electron chi connectivity index (χ2n) is 22.8. The van der Waals surface area contributed by atoms with E-state index in [0.29, 0.717) is 98.9 Å². The molecule has 6 aliphatic carbocycles. The summed E-state index contributed by atoms with van der Waals surface area (Å²) in [5, 5.41) is 39.3. The average Bonchev–Trinajstić information content (AvgIpc) is 3.87. The van der Waals surface area contributed by atoms with Crippen molar-refractivity contribution < 1.29 is 51.0 Å². The van der Waals surface area contributed by atoms with E-state index in [-0.39, 0.29) is 52.5 Å². The minimum Gasteiger partial charge on any atom is -0.511 e. The normalized spacial score (nSPS) is 30.3. The van der Waals surface area contributed by atoms with Gasteiger partial charge in [-0.25, -0.2) is 14.7 Å². The van der Waals surface area contributed by atoms with Crippen molar-refractivity contribution in [3.63, 3.8) is 0 Å². The molecule has 0 bridgehead atoms. The zero-order valence-electron chi connectivity index (χ0n) is 42.9. The Morgan fingerprint density at radius 2 is 1.64 bits per heavy atom. The minimum absolute atomic E-state index is 0.0232. The van der Waals surface area contributed by atoms with E-state index in [1.165, 1.54) is 11.6 Å². The summed E-state index contributed by atoms with van der Waals surface area (Å²) in [7, 11) is -1.40. The molecule has 1 amide bonds. The number of H-pyrrole nitrogens is 1. The molecule has 4 fully saturated rings. The molecular weight excluding hydrogens is 970 g/mol. The van der Waals surface area contributed by atoms with Gasteiger partial charge in [0.25, 0.3) is 0 Å². The number of piperazine rings is 1. The molecule has 1 aliphatic heterocycles. The number of alkyl halides is 5.